The minimum absolute atomic E-state index is 0.0853. The molecule has 3 rings (SSSR count). The summed E-state index contributed by atoms with van der Waals surface area (Å²) >= 11 is 11.9. The Morgan fingerprint density at radius 1 is 0.905 bits per heavy atom. The molecule has 0 radical (unpaired) electrons. The smallest absolute Gasteiger partial charge is 0.254 e. The topological polar surface area (TPSA) is 40.6 Å². The second-order valence-electron chi connectivity index (χ2n) is 5.55. The fourth-order valence-electron chi connectivity index (χ4n) is 2.58. The van der Waals surface area contributed by atoms with Crippen LogP contribution >= 0.6 is 23.2 Å². The van der Waals surface area contributed by atoms with Gasteiger partial charge in [0.1, 0.15) is 0 Å². The molecule has 4 nitrogen and oxygen atoms in total. The molecule has 2 fully saturated rings. The van der Waals surface area contributed by atoms with Gasteiger partial charge in [0.2, 0.25) is 5.91 Å². The van der Waals surface area contributed by atoms with Crippen molar-refractivity contribution in [3.8, 4) is 0 Å². The molecule has 112 valence electrons. The number of hydrogen-bond donors (Lipinski definition) is 0. The fourth-order valence-corrected chi connectivity index (χ4v) is 3.10. The Morgan fingerprint density at radius 3 is 1.95 bits per heavy atom. The van der Waals surface area contributed by atoms with E-state index in [4.69, 9.17) is 23.2 Å². The van der Waals surface area contributed by atoms with Crippen LogP contribution in [0.15, 0.2) is 18.2 Å². The van der Waals surface area contributed by atoms with E-state index in [0.717, 1.165) is 12.8 Å². The first kappa shape index (κ1) is 14.7. The first-order valence-corrected chi connectivity index (χ1v) is 7.84. The maximum absolute atomic E-state index is 12.4. The number of piperazine rings is 1. The number of rotatable bonds is 2. The normalized spacial score (nSPS) is 18.8. The highest BCUT2D eigenvalue weighted by Crippen LogP contribution is 2.31. The summed E-state index contributed by atoms with van der Waals surface area (Å²) in [5, 5.41) is 0.904. The van der Waals surface area contributed by atoms with Gasteiger partial charge < -0.3 is 9.80 Å². The van der Waals surface area contributed by atoms with E-state index in [1.807, 2.05) is 4.90 Å². The standard InChI is InChI=1S/C15H16Cl2N2O2/c16-12-7-11(8-13(17)9-12)15(21)19-5-3-18(4-6-19)14(20)10-1-2-10/h7-10H,1-6H2. The number of carbonyl (C=O) groups excluding carboxylic acids is 2. The summed E-state index contributed by atoms with van der Waals surface area (Å²) in [4.78, 5) is 28.0. The number of carbonyl (C=O) groups is 2. The van der Waals surface area contributed by atoms with Crippen molar-refractivity contribution < 1.29 is 9.59 Å². The predicted molar refractivity (Wildman–Crippen MR) is 81.7 cm³/mol. The molecule has 0 spiro atoms. The van der Waals surface area contributed by atoms with E-state index in [1.54, 1.807) is 23.1 Å². The summed E-state index contributed by atoms with van der Waals surface area (Å²) in [6.07, 6.45) is 2.03. The van der Waals surface area contributed by atoms with Gasteiger partial charge in [0, 0.05) is 47.7 Å². The highest BCUT2D eigenvalue weighted by atomic mass is 35.5. The molecule has 0 atom stereocenters. The second-order valence-corrected chi connectivity index (χ2v) is 6.42. The number of amides is 2. The van der Waals surface area contributed by atoms with E-state index < -0.39 is 0 Å². The maximum Gasteiger partial charge on any atom is 0.254 e. The van der Waals surface area contributed by atoms with Crippen LogP contribution in [-0.2, 0) is 4.79 Å². The lowest BCUT2D eigenvalue weighted by atomic mass is 10.1. The molecule has 1 aliphatic heterocycles. The molecule has 0 N–H and O–H groups in total. The third kappa shape index (κ3) is 3.33. The van der Waals surface area contributed by atoms with Crippen LogP contribution in [0.1, 0.15) is 23.2 Å². The fraction of sp³-hybridized carbons (Fsp3) is 0.467. The number of halogens is 2. The Bertz CT molecular complexity index is 559. The molecule has 0 unspecified atom stereocenters. The average Bonchev–Trinajstić information content (AvgIpc) is 3.29. The van der Waals surface area contributed by atoms with E-state index in [0.29, 0.717) is 41.8 Å². The summed E-state index contributed by atoms with van der Waals surface area (Å²) < 4.78 is 0. The third-order valence-electron chi connectivity index (χ3n) is 3.91. The SMILES string of the molecule is O=C(c1cc(Cl)cc(Cl)c1)N1CCN(C(=O)C2CC2)CC1. The molecule has 1 aliphatic carbocycles. The van der Waals surface area contributed by atoms with Crippen LogP contribution in [0.4, 0.5) is 0 Å². The lowest BCUT2D eigenvalue weighted by molar-refractivity contribution is -0.134. The summed E-state index contributed by atoms with van der Waals surface area (Å²) in [5.41, 5.74) is 0.495. The van der Waals surface area contributed by atoms with Crippen molar-refractivity contribution in [1.29, 1.82) is 0 Å². The maximum atomic E-state index is 12.4. The largest absolute Gasteiger partial charge is 0.339 e. The molecule has 1 saturated carbocycles. The summed E-state index contributed by atoms with van der Waals surface area (Å²) in [6, 6.07) is 4.85. The summed E-state index contributed by atoms with van der Waals surface area (Å²) in [5.74, 6) is 0.393. The van der Waals surface area contributed by atoms with E-state index >= 15 is 0 Å². The van der Waals surface area contributed by atoms with Gasteiger partial charge in [-0.25, -0.2) is 0 Å². The van der Waals surface area contributed by atoms with E-state index in [-0.39, 0.29) is 17.7 Å². The van der Waals surface area contributed by atoms with Crippen LogP contribution in [0.2, 0.25) is 10.0 Å². The molecule has 2 amide bonds. The highest BCUT2D eigenvalue weighted by molar-refractivity contribution is 6.35. The van der Waals surface area contributed by atoms with Gasteiger partial charge in [-0.2, -0.15) is 0 Å². The van der Waals surface area contributed by atoms with Gasteiger partial charge in [0.05, 0.1) is 0 Å². The highest BCUT2D eigenvalue weighted by Gasteiger charge is 2.35. The molecule has 6 heteroatoms. The van der Waals surface area contributed by atoms with Crippen LogP contribution in [-0.4, -0.2) is 47.8 Å². The molecule has 2 aliphatic rings. The quantitative estimate of drug-likeness (QED) is 0.838. The number of hydrogen-bond acceptors (Lipinski definition) is 2. The molecule has 21 heavy (non-hydrogen) atoms. The summed E-state index contributed by atoms with van der Waals surface area (Å²) in [6.45, 7) is 2.33. The van der Waals surface area contributed by atoms with E-state index in [9.17, 15) is 9.59 Å². The van der Waals surface area contributed by atoms with E-state index in [1.165, 1.54) is 0 Å². The Hall–Kier alpha value is -1.26. The monoisotopic (exact) mass is 326 g/mol. The van der Waals surface area contributed by atoms with Crippen LogP contribution in [0.3, 0.4) is 0 Å². The van der Waals surface area contributed by atoms with Gasteiger partial charge in [-0.1, -0.05) is 23.2 Å². The zero-order chi connectivity index (χ0) is 15.0. The van der Waals surface area contributed by atoms with Gasteiger partial charge in [0.15, 0.2) is 0 Å². The van der Waals surface area contributed by atoms with Crippen molar-refractivity contribution in [2.45, 2.75) is 12.8 Å². The van der Waals surface area contributed by atoms with Crippen LogP contribution < -0.4 is 0 Å². The minimum Gasteiger partial charge on any atom is -0.339 e. The molecule has 0 aromatic heterocycles. The molecule has 1 aromatic carbocycles. The zero-order valence-corrected chi connectivity index (χ0v) is 13.0. The second kappa shape index (κ2) is 5.85. The molecular weight excluding hydrogens is 311 g/mol. The average molecular weight is 327 g/mol. The van der Waals surface area contributed by atoms with Crippen molar-refractivity contribution in [1.82, 2.24) is 9.80 Å². The Labute approximate surface area is 133 Å². The lowest BCUT2D eigenvalue weighted by Gasteiger charge is -2.35. The van der Waals surface area contributed by atoms with Gasteiger partial charge in [0.25, 0.3) is 5.91 Å². The lowest BCUT2D eigenvalue weighted by Crippen LogP contribution is -2.51. The van der Waals surface area contributed by atoms with Crippen molar-refractivity contribution in [2.24, 2.45) is 5.92 Å². The molecule has 1 heterocycles. The summed E-state index contributed by atoms with van der Waals surface area (Å²) in [7, 11) is 0. The number of benzene rings is 1. The predicted octanol–water partition coefficient (Wildman–Crippen LogP) is 2.69. The molecule has 1 saturated heterocycles. The van der Waals surface area contributed by atoms with Gasteiger partial charge in [-0.05, 0) is 31.0 Å². The van der Waals surface area contributed by atoms with Crippen molar-refractivity contribution in [2.75, 3.05) is 26.2 Å². The Balaban J connectivity index is 1.63. The van der Waals surface area contributed by atoms with Crippen molar-refractivity contribution >= 4 is 35.0 Å². The molecule has 0 bridgehead atoms. The first-order chi connectivity index (χ1) is 10.0. The Kier molecular flexibility index (Phi) is 4.09. The number of nitrogens with zero attached hydrogens (tertiary/aromatic N) is 2. The minimum atomic E-state index is -0.0853. The van der Waals surface area contributed by atoms with Crippen molar-refractivity contribution in [3.63, 3.8) is 0 Å². The van der Waals surface area contributed by atoms with Crippen molar-refractivity contribution in [3.05, 3.63) is 33.8 Å². The van der Waals surface area contributed by atoms with E-state index in [2.05, 4.69) is 0 Å². The van der Waals surface area contributed by atoms with Gasteiger partial charge >= 0.3 is 0 Å². The van der Waals surface area contributed by atoms with Crippen LogP contribution in [0.25, 0.3) is 0 Å². The van der Waals surface area contributed by atoms with Gasteiger partial charge in [-0.3, -0.25) is 9.59 Å². The molecular formula is C15H16Cl2N2O2. The molecule has 1 aromatic rings. The Morgan fingerprint density at radius 2 is 1.43 bits per heavy atom. The van der Waals surface area contributed by atoms with Gasteiger partial charge in [-0.15, -0.1) is 0 Å². The third-order valence-corrected chi connectivity index (χ3v) is 4.35. The van der Waals surface area contributed by atoms with Crippen LogP contribution in [0, 0.1) is 5.92 Å². The van der Waals surface area contributed by atoms with Crippen LogP contribution in [0.5, 0.6) is 0 Å². The first-order valence-electron chi connectivity index (χ1n) is 7.09. The zero-order valence-electron chi connectivity index (χ0n) is 11.5.